The summed E-state index contributed by atoms with van der Waals surface area (Å²) < 4.78 is 49.7. The normalized spacial score (nSPS) is 11.3. The molecule has 0 atom stereocenters. The molecule has 0 aromatic heterocycles. The van der Waals surface area contributed by atoms with Crippen LogP contribution in [0.4, 0.5) is 17.6 Å². The fourth-order valence-corrected chi connectivity index (χ4v) is 1.24. The maximum absolute atomic E-state index is 12.9. The van der Waals surface area contributed by atoms with Gasteiger partial charge in [0, 0.05) is 11.1 Å². The Kier molecular flexibility index (Phi) is 3.32. The Morgan fingerprint density at radius 3 is 2.25 bits per heavy atom. The summed E-state index contributed by atoms with van der Waals surface area (Å²) in [4.78, 5) is 21.1. The number of hydrogen-bond acceptors (Lipinski definition) is 2. The van der Waals surface area contributed by atoms with Crippen LogP contribution in [0.25, 0.3) is 0 Å². The van der Waals surface area contributed by atoms with E-state index in [4.69, 9.17) is 11.6 Å². The second-order valence-corrected chi connectivity index (χ2v) is 3.15. The largest absolute Gasteiger partial charge is 0.419 e. The molecule has 86 valence electrons. The summed E-state index contributed by atoms with van der Waals surface area (Å²) in [5.74, 6) is -1.63. The van der Waals surface area contributed by atoms with Gasteiger partial charge in [-0.1, -0.05) is 0 Å². The quantitative estimate of drug-likeness (QED) is 0.462. The molecule has 1 aromatic carbocycles. The average Bonchev–Trinajstić information content (AvgIpc) is 2.14. The van der Waals surface area contributed by atoms with Gasteiger partial charge in [0.1, 0.15) is 5.82 Å². The zero-order valence-electron chi connectivity index (χ0n) is 7.44. The van der Waals surface area contributed by atoms with E-state index in [-0.39, 0.29) is 12.4 Å². The molecule has 0 saturated carbocycles. The first-order chi connectivity index (χ1) is 7.27. The zero-order chi connectivity index (χ0) is 12.5. The van der Waals surface area contributed by atoms with Crippen LogP contribution in [0.5, 0.6) is 0 Å². The molecular weight excluding hydrogens is 252 g/mol. The van der Waals surface area contributed by atoms with E-state index in [0.717, 1.165) is 0 Å². The smallest absolute Gasteiger partial charge is 0.298 e. The summed E-state index contributed by atoms with van der Waals surface area (Å²) in [7, 11) is 0. The lowest BCUT2D eigenvalue weighted by Crippen LogP contribution is -2.11. The van der Waals surface area contributed by atoms with Crippen LogP contribution in [0.3, 0.4) is 0 Å². The number of aldehydes is 1. The summed E-state index contributed by atoms with van der Waals surface area (Å²) in [6.45, 7) is 0. The number of alkyl halides is 3. The minimum Gasteiger partial charge on any atom is -0.298 e. The maximum atomic E-state index is 12.9. The molecule has 0 saturated heterocycles. The van der Waals surface area contributed by atoms with Crippen LogP contribution in [0, 0.1) is 5.82 Å². The molecule has 0 unspecified atom stereocenters. The van der Waals surface area contributed by atoms with Crippen LogP contribution in [-0.2, 0) is 6.18 Å². The molecule has 0 bridgehead atoms. The van der Waals surface area contributed by atoms with Gasteiger partial charge < -0.3 is 0 Å². The van der Waals surface area contributed by atoms with E-state index in [1.807, 2.05) is 0 Å². The van der Waals surface area contributed by atoms with E-state index >= 15 is 0 Å². The number of rotatable bonds is 2. The molecule has 0 aliphatic heterocycles. The topological polar surface area (TPSA) is 34.1 Å². The van der Waals surface area contributed by atoms with Gasteiger partial charge in [0.25, 0.3) is 5.24 Å². The van der Waals surface area contributed by atoms with Crippen LogP contribution in [0.1, 0.15) is 26.3 Å². The zero-order valence-corrected chi connectivity index (χ0v) is 8.19. The molecular formula is C9H3ClF4O2. The van der Waals surface area contributed by atoms with Crippen molar-refractivity contribution in [3.05, 3.63) is 34.6 Å². The molecule has 0 N–H and O–H groups in total. The van der Waals surface area contributed by atoms with Gasteiger partial charge in [-0.25, -0.2) is 4.39 Å². The minimum absolute atomic E-state index is 0.0544. The van der Waals surface area contributed by atoms with Crippen LogP contribution < -0.4 is 0 Å². The number of halogens is 5. The van der Waals surface area contributed by atoms with E-state index in [1.165, 1.54) is 0 Å². The van der Waals surface area contributed by atoms with Crippen molar-refractivity contribution >= 4 is 23.1 Å². The van der Waals surface area contributed by atoms with Crippen molar-refractivity contribution in [3.63, 3.8) is 0 Å². The van der Waals surface area contributed by atoms with Gasteiger partial charge in [-0.2, -0.15) is 13.2 Å². The van der Waals surface area contributed by atoms with Gasteiger partial charge in [0.2, 0.25) is 0 Å². The summed E-state index contributed by atoms with van der Waals surface area (Å²) in [6, 6.07) is 0.542. The minimum atomic E-state index is -4.95. The molecule has 0 aliphatic carbocycles. The van der Waals surface area contributed by atoms with Crippen LogP contribution in [-0.4, -0.2) is 11.5 Å². The Bertz CT molecular complexity index is 454. The molecule has 1 aromatic rings. The van der Waals surface area contributed by atoms with E-state index in [9.17, 15) is 27.2 Å². The molecule has 2 nitrogen and oxygen atoms in total. The Morgan fingerprint density at radius 1 is 1.31 bits per heavy atom. The van der Waals surface area contributed by atoms with Gasteiger partial charge in [-0.05, 0) is 23.7 Å². The van der Waals surface area contributed by atoms with E-state index in [0.29, 0.717) is 6.07 Å². The van der Waals surface area contributed by atoms with Gasteiger partial charge in [0.05, 0.1) is 5.56 Å². The highest BCUT2D eigenvalue weighted by Crippen LogP contribution is 2.33. The Labute approximate surface area is 91.8 Å². The van der Waals surface area contributed by atoms with E-state index in [1.54, 1.807) is 0 Å². The summed E-state index contributed by atoms with van der Waals surface area (Å²) in [5, 5.41) is -1.26. The molecule has 16 heavy (non-hydrogen) atoms. The Balaban J connectivity index is 3.51. The number of carbonyl (C=O) groups is 2. The fourth-order valence-electron chi connectivity index (χ4n) is 1.07. The van der Waals surface area contributed by atoms with Crippen LogP contribution in [0.2, 0.25) is 0 Å². The first-order valence-corrected chi connectivity index (χ1v) is 4.21. The van der Waals surface area contributed by atoms with Crippen molar-refractivity contribution in [2.45, 2.75) is 6.18 Å². The van der Waals surface area contributed by atoms with Crippen molar-refractivity contribution in [2.75, 3.05) is 0 Å². The second-order valence-electron chi connectivity index (χ2n) is 2.81. The standard InChI is InChI=1S/C9H3ClF4O2/c10-8(16)5-2-6(9(12,13)14)7(11)1-4(5)3-15/h1-3H. The Morgan fingerprint density at radius 2 is 1.88 bits per heavy atom. The predicted molar refractivity (Wildman–Crippen MR) is 47.0 cm³/mol. The highest BCUT2D eigenvalue weighted by atomic mass is 35.5. The summed E-state index contributed by atoms with van der Waals surface area (Å²) in [5.41, 5.74) is -2.84. The molecule has 0 spiro atoms. The molecule has 0 fully saturated rings. The van der Waals surface area contributed by atoms with Crippen molar-refractivity contribution in [1.29, 1.82) is 0 Å². The lowest BCUT2D eigenvalue weighted by atomic mass is 10.0. The third-order valence-corrected chi connectivity index (χ3v) is 1.99. The van der Waals surface area contributed by atoms with Gasteiger partial charge in [-0.3, -0.25) is 9.59 Å². The third kappa shape index (κ3) is 2.38. The second kappa shape index (κ2) is 4.21. The van der Waals surface area contributed by atoms with Gasteiger partial charge in [0.15, 0.2) is 6.29 Å². The average molecular weight is 255 g/mol. The van der Waals surface area contributed by atoms with E-state index in [2.05, 4.69) is 0 Å². The molecule has 7 heteroatoms. The first kappa shape index (κ1) is 12.6. The van der Waals surface area contributed by atoms with Crippen LogP contribution >= 0.6 is 11.6 Å². The highest BCUT2D eigenvalue weighted by Gasteiger charge is 2.35. The molecule has 0 heterocycles. The summed E-state index contributed by atoms with van der Waals surface area (Å²) >= 11 is 4.97. The highest BCUT2D eigenvalue weighted by molar-refractivity contribution is 6.68. The monoisotopic (exact) mass is 254 g/mol. The molecule has 0 aliphatic rings. The third-order valence-electron chi connectivity index (χ3n) is 1.78. The maximum Gasteiger partial charge on any atom is 0.419 e. The van der Waals surface area contributed by atoms with Crippen molar-refractivity contribution in [3.8, 4) is 0 Å². The predicted octanol–water partition coefficient (Wildman–Crippen LogP) is 3.04. The number of hydrogen-bond donors (Lipinski definition) is 0. The lowest BCUT2D eigenvalue weighted by Gasteiger charge is -2.09. The van der Waals surface area contributed by atoms with Crippen molar-refractivity contribution in [1.82, 2.24) is 0 Å². The number of benzene rings is 1. The molecule has 0 radical (unpaired) electrons. The van der Waals surface area contributed by atoms with Crippen molar-refractivity contribution < 1.29 is 27.2 Å². The Hall–Kier alpha value is -1.43. The van der Waals surface area contributed by atoms with Crippen LogP contribution in [0.15, 0.2) is 12.1 Å². The van der Waals surface area contributed by atoms with Gasteiger partial charge >= 0.3 is 6.18 Å². The summed E-state index contributed by atoms with van der Waals surface area (Å²) in [6.07, 6.45) is -4.90. The van der Waals surface area contributed by atoms with Crippen molar-refractivity contribution in [2.24, 2.45) is 0 Å². The SMILES string of the molecule is O=Cc1cc(F)c(C(F)(F)F)cc1C(=O)Cl. The molecule has 0 amide bonds. The van der Waals surface area contributed by atoms with E-state index < -0.39 is 33.9 Å². The number of carbonyl (C=O) groups excluding carboxylic acids is 2. The first-order valence-electron chi connectivity index (χ1n) is 3.83. The fraction of sp³-hybridized carbons (Fsp3) is 0.111. The lowest BCUT2D eigenvalue weighted by molar-refractivity contribution is -0.140. The molecule has 1 rings (SSSR count). The van der Waals surface area contributed by atoms with Gasteiger partial charge in [-0.15, -0.1) is 0 Å².